The average molecular weight is 421 g/mol. The summed E-state index contributed by atoms with van der Waals surface area (Å²) >= 11 is 0. The van der Waals surface area contributed by atoms with Gasteiger partial charge >= 0.3 is 5.97 Å². The van der Waals surface area contributed by atoms with Crippen molar-refractivity contribution < 1.29 is 39.6 Å². The number of carboxylic acids is 1. The minimum Gasteiger partial charge on any atom is -0.480 e. The zero-order chi connectivity index (χ0) is 22.6. The minimum atomic E-state index is -1.64. The molecule has 168 valence electrons. The third kappa shape index (κ3) is 9.62. The highest BCUT2D eigenvalue weighted by atomic mass is 16.4. The molecule has 0 bridgehead atoms. The number of amides is 3. The largest absolute Gasteiger partial charge is 0.480 e. The van der Waals surface area contributed by atoms with Crippen LogP contribution in [-0.2, 0) is 19.2 Å². The second-order valence-corrected chi connectivity index (χ2v) is 6.44. The quantitative estimate of drug-likeness (QED) is 0.121. The Kier molecular flexibility index (Phi) is 12.7. The fraction of sp³-hybridized carbons (Fsp3) is 0.750. The Balaban J connectivity index is 5.16. The van der Waals surface area contributed by atoms with Gasteiger partial charge in [-0.15, -0.1) is 0 Å². The first-order chi connectivity index (χ1) is 13.6. The zero-order valence-electron chi connectivity index (χ0n) is 16.2. The summed E-state index contributed by atoms with van der Waals surface area (Å²) < 4.78 is 0. The molecule has 13 nitrogen and oxygen atoms in total. The van der Waals surface area contributed by atoms with Crippen LogP contribution in [0.3, 0.4) is 0 Å². The number of aliphatic hydroxyl groups excluding tert-OH is 3. The molecule has 0 aromatic carbocycles. The fourth-order valence-corrected chi connectivity index (χ4v) is 2.23. The van der Waals surface area contributed by atoms with Crippen LogP contribution in [-0.4, -0.2) is 94.1 Å². The highest BCUT2D eigenvalue weighted by molar-refractivity contribution is 5.94. The summed E-state index contributed by atoms with van der Waals surface area (Å²) in [5.74, 6) is -4.14. The monoisotopic (exact) mass is 421 g/mol. The van der Waals surface area contributed by atoms with E-state index in [-0.39, 0.29) is 6.42 Å². The van der Waals surface area contributed by atoms with Gasteiger partial charge < -0.3 is 47.8 Å². The Morgan fingerprint density at radius 3 is 1.90 bits per heavy atom. The van der Waals surface area contributed by atoms with Crippen molar-refractivity contribution in [3.8, 4) is 0 Å². The average Bonchev–Trinajstić information content (AvgIpc) is 2.67. The number of rotatable bonds is 14. The number of hydrogen-bond donors (Lipinski definition) is 9. The lowest BCUT2D eigenvalue weighted by molar-refractivity contribution is -0.145. The standard InChI is InChI=1S/C16H31N5O8/c1-8(24)12(16(28)29)21-15(27)11(7-23)20-14(26)10(4-2-3-5-17)19-13(25)9(18)6-22/h8-12,22-24H,2-7,17-18H2,1H3,(H,19,25)(H,20,26)(H,21,27)(H,28,29). The summed E-state index contributed by atoms with van der Waals surface area (Å²) in [5.41, 5.74) is 10.8. The van der Waals surface area contributed by atoms with E-state index in [0.29, 0.717) is 19.4 Å². The Morgan fingerprint density at radius 2 is 1.45 bits per heavy atom. The van der Waals surface area contributed by atoms with E-state index in [2.05, 4.69) is 10.6 Å². The van der Waals surface area contributed by atoms with Crippen LogP contribution in [0.1, 0.15) is 26.2 Å². The lowest BCUT2D eigenvalue weighted by atomic mass is 10.1. The van der Waals surface area contributed by atoms with E-state index in [0.717, 1.165) is 6.92 Å². The third-order valence-corrected chi connectivity index (χ3v) is 3.98. The maximum atomic E-state index is 12.5. The number of aliphatic carboxylic acids is 1. The highest BCUT2D eigenvalue weighted by Gasteiger charge is 2.31. The molecular weight excluding hydrogens is 390 g/mol. The minimum absolute atomic E-state index is 0.151. The molecule has 3 amide bonds. The lowest BCUT2D eigenvalue weighted by Gasteiger charge is -2.24. The number of nitrogens with one attached hydrogen (secondary N) is 3. The molecule has 0 aromatic rings. The van der Waals surface area contributed by atoms with E-state index in [1.165, 1.54) is 0 Å². The number of carbonyl (C=O) groups excluding carboxylic acids is 3. The number of unbranched alkanes of at least 4 members (excludes halogenated alkanes) is 1. The molecule has 0 aliphatic carbocycles. The highest BCUT2D eigenvalue weighted by Crippen LogP contribution is 2.03. The second-order valence-electron chi connectivity index (χ2n) is 6.44. The molecule has 0 aliphatic rings. The molecule has 0 heterocycles. The predicted molar refractivity (Wildman–Crippen MR) is 100 cm³/mol. The van der Waals surface area contributed by atoms with Crippen molar-refractivity contribution in [3.63, 3.8) is 0 Å². The molecule has 0 saturated heterocycles. The van der Waals surface area contributed by atoms with Crippen LogP contribution in [0.4, 0.5) is 0 Å². The topological polar surface area (TPSA) is 237 Å². The Hall–Kier alpha value is -2.32. The molecule has 13 heteroatoms. The van der Waals surface area contributed by atoms with E-state index in [1.54, 1.807) is 0 Å². The van der Waals surface area contributed by atoms with Crippen LogP contribution in [0, 0.1) is 0 Å². The zero-order valence-corrected chi connectivity index (χ0v) is 16.2. The van der Waals surface area contributed by atoms with Crippen molar-refractivity contribution in [2.45, 2.75) is 56.5 Å². The second kappa shape index (κ2) is 13.8. The summed E-state index contributed by atoms with van der Waals surface area (Å²) in [6.07, 6.45) is -0.250. The van der Waals surface area contributed by atoms with Crippen molar-refractivity contribution in [1.29, 1.82) is 0 Å². The van der Waals surface area contributed by atoms with E-state index < -0.39 is 67.2 Å². The number of carbonyl (C=O) groups is 4. The molecular formula is C16H31N5O8. The van der Waals surface area contributed by atoms with Gasteiger partial charge in [0.15, 0.2) is 6.04 Å². The van der Waals surface area contributed by atoms with Gasteiger partial charge in [-0.2, -0.15) is 0 Å². The molecule has 0 fully saturated rings. The maximum absolute atomic E-state index is 12.5. The molecule has 5 atom stereocenters. The molecule has 0 spiro atoms. The summed E-state index contributed by atoms with van der Waals surface area (Å²) in [5, 5.41) is 43.3. The van der Waals surface area contributed by atoms with Gasteiger partial charge in [0.25, 0.3) is 0 Å². The van der Waals surface area contributed by atoms with Crippen molar-refractivity contribution in [2.24, 2.45) is 11.5 Å². The SMILES string of the molecule is CC(O)C(NC(=O)C(CO)NC(=O)C(CCCCN)NC(=O)C(N)CO)C(=O)O. The molecule has 5 unspecified atom stereocenters. The summed E-state index contributed by atoms with van der Waals surface area (Å²) in [6.45, 7) is 0.0128. The van der Waals surface area contributed by atoms with Crippen LogP contribution in [0.2, 0.25) is 0 Å². The predicted octanol–water partition coefficient (Wildman–Crippen LogP) is -4.65. The smallest absolute Gasteiger partial charge is 0.328 e. The van der Waals surface area contributed by atoms with Gasteiger partial charge in [-0.3, -0.25) is 14.4 Å². The fourth-order valence-electron chi connectivity index (χ4n) is 2.23. The molecule has 0 saturated carbocycles. The van der Waals surface area contributed by atoms with Crippen molar-refractivity contribution >= 4 is 23.7 Å². The normalized spacial score (nSPS) is 16.1. The van der Waals surface area contributed by atoms with Gasteiger partial charge in [0.1, 0.15) is 18.1 Å². The van der Waals surface area contributed by atoms with Crippen molar-refractivity contribution in [3.05, 3.63) is 0 Å². The van der Waals surface area contributed by atoms with Gasteiger partial charge in [-0.25, -0.2) is 4.79 Å². The Bertz CT molecular complexity index is 559. The summed E-state index contributed by atoms with van der Waals surface area (Å²) in [4.78, 5) is 47.6. The van der Waals surface area contributed by atoms with E-state index in [1.807, 2.05) is 5.32 Å². The van der Waals surface area contributed by atoms with Gasteiger partial charge in [0.2, 0.25) is 17.7 Å². The van der Waals surface area contributed by atoms with Crippen LogP contribution in [0.5, 0.6) is 0 Å². The number of aliphatic hydroxyl groups is 3. The van der Waals surface area contributed by atoms with Crippen molar-refractivity contribution in [1.82, 2.24) is 16.0 Å². The van der Waals surface area contributed by atoms with Gasteiger partial charge in [0, 0.05) is 0 Å². The molecule has 0 radical (unpaired) electrons. The number of carboxylic acid groups (broad SMARTS) is 1. The van der Waals surface area contributed by atoms with Crippen LogP contribution < -0.4 is 27.4 Å². The molecule has 29 heavy (non-hydrogen) atoms. The number of hydrogen-bond acceptors (Lipinski definition) is 9. The Labute approximate surface area is 167 Å². The third-order valence-electron chi connectivity index (χ3n) is 3.98. The Morgan fingerprint density at radius 1 is 0.897 bits per heavy atom. The molecule has 0 rings (SSSR count). The first-order valence-electron chi connectivity index (χ1n) is 9.08. The van der Waals surface area contributed by atoms with Crippen LogP contribution in [0.25, 0.3) is 0 Å². The molecule has 0 aromatic heterocycles. The first kappa shape index (κ1) is 26.7. The van der Waals surface area contributed by atoms with Crippen molar-refractivity contribution in [2.75, 3.05) is 19.8 Å². The first-order valence-corrected chi connectivity index (χ1v) is 9.08. The van der Waals surface area contributed by atoms with Crippen LogP contribution in [0.15, 0.2) is 0 Å². The van der Waals surface area contributed by atoms with Crippen LogP contribution >= 0.6 is 0 Å². The van der Waals surface area contributed by atoms with Gasteiger partial charge in [-0.1, -0.05) is 0 Å². The van der Waals surface area contributed by atoms with E-state index in [9.17, 15) is 29.4 Å². The summed E-state index contributed by atoms with van der Waals surface area (Å²) in [6, 6.07) is -5.54. The van der Waals surface area contributed by atoms with Gasteiger partial charge in [0.05, 0.1) is 19.3 Å². The molecule has 0 aliphatic heterocycles. The maximum Gasteiger partial charge on any atom is 0.328 e. The van der Waals surface area contributed by atoms with Gasteiger partial charge in [-0.05, 0) is 32.7 Å². The lowest BCUT2D eigenvalue weighted by Crippen LogP contribution is -2.59. The summed E-state index contributed by atoms with van der Waals surface area (Å²) in [7, 11) is 0. The van der Waals surface area contributed by atoms with E-state index in [4.69, 9.17) is 21.7 Å². The molecule has 11 N–H and O–H groups in total. The van der Waals surface area contributed by atoms with E-state index >= 15 is 0 Å². The number of nitrogens with two attached hydrogens (primary N) is 2.